The molecule has 0 unspecified atom stereocenters. The molecule has 1 heteroatoms. The first kappa shape index (κ1) is 21.6. The third-order valence-electron chi connectivity index (χ3n) is 4.96. The third-order valence-corrected chi connectivity index (χ3v) is 5.16. The van der Waals surface area contributed by atoms with Crippen LogP contribution in [0.15, 0.2) is 24.3 Å². The van der Waals surface area contributed by atoms with Gasteiger partial charge in [0.05, 0.1) is 4.87 Å². The number of hydrogen-bond donors (Lipinski definition) is 0. The molecule has 0 radical (unpaired) electrons. The van der Waals surface area contributed by atoms with Gasteiger partial charge in [0.2, 0.25) is 0 Å². The zero-order chi connectivity index (χ0) is 17.7. The minimum absolute atomic E-state index is 0.256. The lowest BCUT2D eigenvalue weighted by molar-refractivity contribution is 0.543. The van der Waals surface area contributed by atoms with E-state index < -0.39 is 0 Å². The van der Waals surface area contributed by atoms with Gasteiger partial charge >= 0.3 is 0 Å². The third kappa shape index (κ3) is 9.72. The topological polar surface area (TPSA) is 0 Å². The van der Waals surface area contributed by atoms with Gasteiger partial charge in [-0.05, 0) is 37.8 Å². The van der Waals surface area contributed by atoms with Gasteiger partial charge in [-0.25, -0.2) is 0 Å². The number of benzene rings is 1. The first-order valence-corrected chi connectivity index (χ1v) is 10.7. The van der Waals surface area contributed by atoms with Crippen LogP contribution in [0.3, 0.4) is 0 Å². The highest BCUT2D eigenvalue weighted by atomic mass is 35.5. The molecule has 0 aromatic heterocycles. The molecular weight excluding hydrogens is 312 g/mol. The number of rotatable bonds is 14. The maximum absolute atomic E-state index is 6.51. The summed E-state index contributed by atoms with van der Waals surface area (Å²) in [4.78, 5) is -0.256. The largest absolute Gasteiger partial charge is 0.115 e. The summed E-state index contributed by atoms with van der Waals surface area (Å²) in [6.07, 6.45) is 18.1. The van der Waals surface area contributed by atoms with Crippen LogP contribution in [0, 0.1) is 0 Å². The van der Waals surface area contributed by atoms with Crippen LogP contribution < -0.4 is 0 Å². The molecule has 0 N–H and O–H groups in total. The highest BCUT2D eigenvalue weighted by Crippen LogP contribution is 2.31. The van der Waals surface area contributed by atoms with Crippen molar-refractivity contribution in [1.29, 1.82) is 0 Å². The molecular formula is C23H39Cl. The monoisotopic (exact) mass is 350 g/mol. The Hall–Kier alpha value is -0.490. The molecule has 1 aromatic rings. The highest BCUT2D eigenvalue weighted by molar-refractivity contribution is 6.23. The highest BCUT2D eigenvalue weighted by Gasteiger charge is 2.19. The molecule has 0 atom stereocenters. The summed E-state index contributed by atoms with van der Waals surface area (Å²) in [5.41, 5.74) is 2.74. The van der Waals surface area contributed by atoms with Gasteiger partial charge in [-0.15, -0.1) is 11.6 Å². The Labute approximate surface area is 156 Å². The number of alkyl halides is 1. The van der Waals surface area contributed by atoms with Crippen molar-refractivity contribution < 1.29 is 0 Å². The van der Waals surface area contributed by atoms with E-state index in [-0.39, 0.29) is 4.87 Å². The van der Waals surface area contributed by atoms with Crippen LogP contribution >= 0.6 is 11.6 Å². The van der Waals surface area contributed by atoms with Crippen LogP contribution in [0.1, 0.15) is 109 Å². The van der Waals surface area contributed by atoms with Crippen molar-refractivity contribution in [3.05, 3.63) is 35.4 Å². The second kappa shape index (κ2) is 12.8. The van der Waals surface area contributed by atoms with Crippen molar-refractivity contribution in [2.45, 2.75) is 109 Å². The fourth-order valence-corrected chi connectivity index (χ4v) is 3.66. The molecule has 0 amide bonds. The summed E-state index contributed by atoms with van der Waals surface area (Å²) >= 11 is 6.51. The molecule has 0 heterocycles. The Bertz CT molecular complexity index is 416. The summed E-state index contributed by atoms with van der Waals surface area (Å²) in [6.45, 7) is 6.47. The molecule has 0 bridgehead atoms. The quantitative estimate of drug-likeness (QED) is 0.233. The first-order valence-electron chi connectivity index (χ1n) is 10.3. The summed E-state index contributed by atoms with van der Waals surface area (Å²) < 4.78 is 0. The van der Waals surface area contributed by atoms with Crippen LogP contribution in [0.4, 0.5) is 0 Å². The van der Waals surface area contributed by atoms with Crippen LogP contribution in [-0.2, 0) is 11.3 Å². The van der Waals surface area contributed by atoms with E-state index in [0.29, 0.717) is 0 Å². The second-order valence-corrected chi connectivity index (χ2v) is 8.71. The molecule has 138 valence electrons. The van der Waals surface area contributed by atoms with Gasteiger partial charge in [-0.2, -0.15) is 0 Å². The summed E-state index contributed by atoms with van der Waals surface area (Å²) in [5.74, 6) is 0. The number of aryl methyl sites for hydroxylation is 1. The van der Waals surface area contributed by atoms with E-state index in [9.17, 15) is 0 Å². The Morgan fingerprint density at radius 2 is 1.17 bits per heavy atom. The van der Waals surface area contributed by atoms with Gasteiger partial charge in [-0.1, -0.05) is 102 Å². The number of hydrogen-bond acceptors (Lipinski definition) is 0. The second-order valence-electron chi connectivity index (χ2n) is 7.77. The zero-order valence-corrected chi connectivity index (χ0v) is 17.1. The van der Waals surface area contributed by atoms with Crippen molar-refractivity contribution in [3.8, 4) is 0 Å². The Balaban J connectivity index is 2.03. The van der Waals surface area contributed by atoms with Gasteiger partial charge < -0.3 is 0 Å². The van der Waals surface area contributed by atoms with E-state index in [2.05, 4.69) is 45.0 Å². The van der Waals surface area contributed by atoms with E-state index in [4.69, 9.17) is 11.6 Å². The fourth-order valence-electron chi connectivity index (χ4n) is 3.47. The molecule has 0 saturated carbocycles. The molecule has 1 rings (SSSR count). The first-order chi connectivity index (χ1) is 11.6. The molecule has 0 fully saturated rings. The summed E-state index contributed by atoms with van der Waals surface area (Å²) in [5, 5.41) is 0. The molecule has 0 aliphatic heterocycles. The van der Waals surface area contributed by atoms with E-state index in [1.54, 1.807) is 0 Å². The van der Waals surface area contributed by atoms with Gasteiger partial charge in [0, 0.05) is 0 Å². The summed E-state index contributed by atoms with van der Waals surface area (Å²) in [6, 6.07) is 8.67. The molecule has 0 spiro atoms. The van der Waals surface area contributed by atoms with Gasteiger partial charge in [0.25, 0.3) is 0 Å². The Morgan fingerprint density at radius 1 is 0.708 bits per heavy atom. The summed E-state index contributed by atoms with van der Waals surface area (Å²) in [7, 11) is 0. The lowest BCUT2D eigenvalue weighted by Gasteiger charge is -2.20. The Kier molecular flexibility index (Phi) is 11.5. The standard InChI is InChI=1S/C23H39Cl/c1-4-5-6-7-8-9-10-11-12-13-14-15-18-21-19-16-17-20-22(21)23(2,3)24/h16-17,19-20H,4-15,18H2,1-3H3. The normalized spacial score (nSPS) is 11.8. The van der Waals surface area contributed by atoms with Crippen molar-refractivity contribution >= 4 is 11.6 Å². The molecule has 0 aliphatic rings. The van der Waals surface area contributed by atoms with E-state index in [0.717, 1.165) is 0 Å². The minimum atomic E-state index is -0.256. The van der Waals surface area contributed by atoms with Crippen molar-refractivity contribution in [2.75, 3.05) is 0 Å². The predicted molar refractivity (Wildman–Crippen MR) is 110 cm³/mol. The van der Waals surface area contributed by atoms with E-state index >= 15 is 0 Å². The molecule has 0 nitrogen and oxygen atoms in total. The lowest BCUT2D eigenvalue weighted by atomic mass is 9.93. The molecule has 0 saturated heterocycles. The maximum atomic E-state index is 6.51. The van der Waals surface area contributed by atoms with Gasteiger partial charge in [0.15, 0.2) is 0 Å². The van der Waals surface area contributed by atoms with Crippen LogP contribution in [0.25, 0.3) is 0 Å². The maximum Gasteiger partial charge on any atom is 0.0641 e. The predicted octanol–water partition coefficient (Wildman–Crippen LogP) is 8.40. The number of unbranched alkanes of at least 4 members (excludes halogenated alkanes) is 11. The van der Waals surface area contributed by atoms with Crippen molar-refractivity contribution in [3.63, 3.8) is 0 Å². The van der Waals surface area contributed by atoms with E-state index in [1.165, 1.54) is 94.6 Å². The van der Waals surface area contributed by atoms with Crippen LogP contribution in [-0.4, -0.2) is 0 Å². The lowest BCUT2D eigenvalue weighted by Crippen LogP contribution is -2.10. The number of halogens is 1. The molecule has 0 aliphatic carbocycles. The average Bonchev–Trinajstić information content (AvgIpc) is 2.55. The van der Waals surface area contributed by atoms with Crippen molar-refractivity contribution in [2.24, 2.45) is 0 Å². The van der Waals surface area contributed by atoms with E-state index in [1.807, 2.05) is 0 Å². The smallest absolute Gasteiger partial charge is 0.0641 e. The van der Waals surface area contributed by atoms with Gasteiger partial charge in [-0.3, -0.25) is 0 Å². The molecule has 24 heavy (non-hydrogen) atoms. The fraction of sp³-hybridized carbons (Fsp3) is 0.739. The zero-order valence-electron chi connectivity index (χ0n) is 16.4. The SMILES string of the molecule is CCCCCCCCCCCCCCc1ccccc1C(C)(C)Cl. The average molecular weight is 351 g/mol. The van der Waals surface area contributed by atoms with Crippen molar-refractivity contribution in [1.82, 2.24) is 0 Å². The van der Waals surface area contributed by atoms with Crippen LogP contribution in [0.5, 0.6) is 0 Å². The minimum Gasteiger partial charge on any atom is -0.115 e. The van der Waals surface area contributed by atoms with Gasteiger partial charge in [0.1, 0.15) is 0 Å². The van der Waals surface area contributed by atoms with Crippen LogP contribution in [0.2, 0.25) is 0 Å². The molecule has 1 aromatic carbocycles. The Morgan fingerprint density at radius 3 is 1.67 bits per heavy atom.